The lowest BCUT2D eigenvalue weighted by atomic mass is 10.1. The van der Waals surface area contributed by atoms with Gasteiger partial charge in [-0.3, -0.25) is 9.59 Å². The maximum atomic E-state index is 12.2. The number of amides is 1. The molecular formula is C14H19NO3S. The number of carbonyl (C=O) groups excluding carboxylic acids is 2. The minimum atomic E-state index is -0.290. The van der Waals surface area contributed by atoms with Crippen molar-refractivity contribution in [1.29, 1.82) is 0 Å². The topological polar surface area (TPSA) is 46.6 Å². The second-order valence-corrected chi connectivity index (χ2v) is 5.39. The minimum Gasteiger partial charge on any atom is -0.466 e. The van der Waals surface area contributed by atoms with Gasteiger partial charge in [-0.15, -0.1) is 0 Å². The van der Waals surface area contributed by atoms with E-state index < -0.39 is 0 Å². The van der Waals surface area contributed by atoms with Gasteiger partial charge >= 0.3 is 5.97 Å². The highest BCUT2D eigenvalue weighted by molar-refractivity contribution is 7.07. The first-order valence-electron chi connectivity index (χ1n) is 6.69. The van der Waals surface area contributed by atoms with E-state index in [0.717, 1.165) is 19.4 Å². The van der Waals surface area contributed by atoms with E-state index in [4.69, 9.17) is 4.74 Å². The number of hydrogen-bond donors (Lipinski definition) is 0. The highest BCUT2D eigenvalue weighted by Crippen LogP contribution is 2.33. The van der Waals surface area contributed by atoms with E-state index >= 15 is 0 Å². The van der Waals surface area contributed by atoms with Crippen molar-refractivity contribution in [2.75, 3.05) is 13.2 Å². The van der Waals surface area contributed by atoms with Crippen LogP contribution in [0.5, 0.6) is 0 Å². The van der Waals surface area contributed by atoms with Crippen molar-refractivity contribution in [3.63, 3.8) is 0 Å². The van der Waals surface area contributed by atoms with E-state index in [1.54, 1.807) is 18.3 Å². The van der Waals surface area contributed by atoms with Crippen LogP contribution in [0.25, 0.3) is 0 Å². The molecule has 0 aliphatic carbocycles. The molecule has 0 saturated carbocycles. The first-order valence-corrected chi connectivity index (χ1v) is 7.64. The number of nitrogens with zero attached hydrogens (tertiary/aromatic N) is 1. The second kappa shape index (κ2) is 6.70. The first kappa shape index (κ1) is 14.1. The second-order valence-electron chi connectivity index (χ2n) is 4.61. The molecule has 1 amide bonds. The highest BCUT2D eigenvalue weighted by Gasteiger charge is 2.30. The van der Waals surface area contributed by atoms with Crippen LogP contribution in [0.15, 0.2) is 16.8 Å². The zero-order chi connectivity index (χ0) is 13.7. The van der Waals surface area contributed by atoms with Gasteiger partial charge in [-0.1, -0.05) is 0 Å². The number of hydrogen-bond acceptors (Lipinski definition) is 4. The molecule has 2 rings (SSSR count). The molecule has 1 saturated heterocycles. The lowest BCUT2D eigenvalue weighted by Crippen LogP contribution is -2.30. The third kappa shape index (κ3) is 3.56. The molecule has 0 bridgehead atoms. The molecule has 0 aromatic carbocycles. The predicted molar refractivity (Wildman–Crippen MR) is 73.9 cm³/mol. The van der Waals surface area contributed by atoms with Gasteiger partial charge < -0.3 is 9.64 Å². The molecule has 1 aromatic rings. The molecule has 0 radical (unpaired) electrons. The van der Waals surface area contributed by atoms with Crippen molar-refractivity contribution >= 4 is 23.2 Å². The fourth-order valence-electron chi connectivity index (χ4n) is 2.46. The van der Waals surface area contributed by atoms with Crippen LogP contribution in [0, 0.1) is 0 Å². The maximum absolute atomic E-state index is 12.2. The molecule has 104 valence electrons. The average molecular weight is 281 g/mol. The van der Waals surface area contributed by atoms with Gasteiger partial charge in [-0.2, -0.15) is 11.3 Å². The van der Waals surface area contributed by atoms with Crippen molar-refractivity contribution in [2.45, 2.75) is 38.6 Å². The largest absolute Gasteiger partial charge is 0.466 e. The fourth-order valence-corrected chi connectivity index (χ4v) is 3.17. The zero-order valence-electron chi connectivity index (χ0n) is 11.1. The fraction of sp³-hybridized carbons (Fsp3) is 0.571. The van der Waals surface area contributed by atoms with Crippen LogP contribution in [0.3, 0.4) is 0 Å². The molecule has 0 N–H and O–H groups in total. The van der Waals surface area contributed by atoms with Crippen molar-refractivity contribution in [2.24, 2.45) is 0 Å². The van der Waals surface area contributed by atoms with E-state index in [-0.39, 0.29) is 30.8 Å². The number of carbonyl (C=O) groups is 2. The predicted octanol–water partition coefficient (Wildman–Crippen LogP) is 2.75. The molecule has 1 fully saturated rings. The van der Waals surface area contributed by atoms with Crippen LogP contribution in [0.2, 0.25) is 0 Å². The third-order valence-corrected chi connectivity index (χ3v) is 4.05. The molecule has 0 spiro atoms. The number of thiophene rings is 1. The van der Waals surface area contributed by atoms with Gasteiger partial charge in [0.25, 0.3) is 0 Å². The van der Waals surface area contributed by atoms with Gasteiger partial charge in [0, 0.05) is 13.0 Å². The van der Waals surface area contributed by atoms with Crippen molar-refractivity contribution in [3.05, 3.63) is 22.4 Å². The van der Waals surface area contributed by atoms with E-state index in [0.29, 0.717) is 6.61 Å². The number of rotatable bonds is 5. The molecule has 2 heterocycles. The summed E-state index contributed by atoms with van der Waals surface area (Å²) >= 11 is 1.65. The Labute approximate surface area is 117 Å². The molecule has 19 heavy (non-hydrogen) atoms. The normalized spacial score (nSPS) is 18.6. The number of likely N-dealkylation sites (tertiary alicyclic amines) is 1. The Hall–Kier alpha value is -1.36. The van der Waals surface area contributed by atoms with E-state index in [2.05, 4.69) is 11.4 Å². The maximum Gasteiger partial charge on any atom is 0.306 e. The van der Waals surface area contributed by atoms with Gasteiger partial charge in [0.1, 0.15) is 0 Å². The molecule has 1 aromatic heterocycles. The Morgan fingerprint density at radius 2 is 2.32 bits per heavy atom. The molecule has 4 nitrogen and oxygen atoms in total. The highest BCUT2D eigenvalue weighted by atomic mass is 32.1. The Bertz CT molecular complexity index is 430. The van der Waals surface area contributed by atoms with Crippen LogP contribution >= 0.6 is 11.3 Å². The van der Waals surface area contributed by atoms with E-state index in [1.165, 1.54) is 5.56 Å². The standard InChI is InChI=1S/C14H19NO3S/c1-2-18-14(17)6-5-13(16)15-8-3-4-12(15)11-7-9-19-10-11/h7,9-10,12H,2-6,8H2,1H3. The summed E-state index contributed by atoms with van der Waals surface area (Å²) < 4.78 is 4.85. The number of esters is 1. The van der Waals surface area contributed by atoms with Crippen LogP contribution in [0.1, 0.15) is 44.2 Å². The monoisotopic (exact) mass is 281 g/mol. The van der Waals surface area contributed by atoms with Crippen molar-refractivity contribution in [3.8, 4) is 0 Å². The molecular weight excluding hydrogens is 262 g/mol. The summed E-state index contributed by atoms with van der Waals surface area (Å²) in [6.07, 6.45) is 2.48. The smallest absolute Gasteiger partial charge is 0.306 e. The van der Waals surface area contributed by atoms with Gasteiger partial charge in [-0.25, -0.2) is 0 Å². The Kier molecular flexibility index (Phi) is 4.96. The Morgan fingerprint density at radius 1 is 1.47 bits per heavy atom. The Morgan fingerprint density at radius 3 is 3.00 bits per heavy atom. The SMILES string of the molecule is CCOC(=O)CCC(=O)N1CCCC1c1ccsc1. The van der Waals surface area contributed by atoms with Gasteiger partial charge in [0.2, 0.25) is 5.91 Å². The number of ether oxygens (including phenoxy) is 1. The molecule has 5 heteroatoms. The van der Waals surface area contributed by atoms with Crippen molar-refractivity contribution < 1.29 is 14.3 Å². The van der Waals surface area contributed by atoms with E-state index in [1.807, 2.05) is 10.3 Å². The van der Waals surface area contributed by atoms with Gasteiger partial charge in [-0.05, 0) is 42.2 Å². The lowest BCUT2D eigenvalue weighted by Gasteiger charge is -2.24. The van der Waals surface area contributed by atoms with Gasteiger partial charge in [0.05, 0.1) is 19.1 Å². The average Bonchev–Trinajstić information content (AvgIpc) is 3.05. The summed E-state index contributed by atoms with van der Waals surface area (Å²) in [7, 11) is 0. The quantitative estimate of drug-likeness (QED) is 0.780. The molecule has 1 aliphatic rings. The molecule has 1 aliphatic heterocycles. The van der Waals surface area contributed by atoms with Crippen LogP contribution in [0.4, 0.5) is 0 Å². The lowest BCUT2D eigenvalue weighted by molar-refractivity contribution is -0.145. The summed E-state index contributed by atoms with van der Waals surface area (Å²) in [6.45, 7) is 2.93. The minimum absolute atomic E-state index is 0.0572. The van der Waals surface area contributed by atoms with Crippen LogP contribution in [-0.2, 0) is 14.3 Å². The molecule has 1 atom stereocenters. The third-order valence-electron chi connectivity index (χ3n) is 3.35. The summed E-state index contributed by atoms with van der Waals surface area (Å²) in [6, 6.07) is 2.27. The zero-order valence-corrected chi connectivity index (χ0v) is 11.9. The summed E-state index contributed by atoms with van der Waals surface area (Å²) in [4.78, 5) is 25.4. The van der Waals surface area contributed by atoms with Crippen LogP contribution < -0.4 is 0 Å². The first-order chi connectivity index (χ1) is 9.22. The van der Waals surface area contributed by atoms with Crippen molar-refractivity contribution in [1.82, 2.24) is 4.90 Å². The summed E-state index contributed by atoms with van der Waals surface area (Å²) in [5, 5.41) is 4.14. The van der Waals surface area contributed by atoms with Gasteiger partial charge in [0.15, 0.2) is 0 Å². The summed E-state index contributed by atoms with van der Waals surface area (Å²) in [5.41, 5.74) is 1.21. The Balaban J connectivity index is 1.89. The summed E-state index contributed by atoms with van der Waals surface area (Å²) in [5.74, 6) is -0.233. The van der Waals surface area contributed by atoms with Crippen LogP contribution in [-0.4, -0.2) is 29.9 Å². The van der Waals surface area contributed by atoms with E-state index in [9.17, 15) is 9.59 Å². The molecule has 1 unspecified atom stereocenters.